The molecule has 0 spiro atoms. The lowest BCUT2D eigenvalue weighted by Crippen LogP contribution is -2.51. The van der Waals surface area contributed by atoms with Gasteiger partial charge < -0.3 is 14.9 Å². The smallest absolute Gasteiger partial charge is 0.311 e. The topological polar surface area (TPSA) is 101 Å². The number of aliphatic hydroxyl groups is 2. The molecule has 0 bridgehead atoms. The number of rotatable bonds is 16. The van der Waals surface area contributed by atoms with Crippen LogP contribution in [0.5, 0.6) is 0 Å². The molecule has 1 rings (SSSR count). The first-order valence-corrected chi connectivity index (χ1v) is 14.9. The summed E-state index contributed by atoms with van der Waals surface area (Å²) in [5.74, 6) is -1.25. The molecule has 1 saturated heterocycles. The minimum Gasteiger partial charge on any atom is -0.461 e. The molecule has 0 aromatic rings. The highest BCUT2D eigenvalue weighted by Crippen LogP contribution is 2.32. The van der Waals surface area contributed by atoms with Crippen molar-refractivity contribution in [1.82, 2.24) is 0 Å². The Morgan fingerprint density at radius 1 is 0.975 bits per heavy atom. The lowest BCUT2D eigenvalue weighted by molar-refractivity contribution is -0.186. The second-order valence-corrected chi connectivity index (χ2v) is 12.2. The van der Waals surface area contributed by atoms with Crippen molar-refractivity contribution in [2.45, 2.75) is 119 Å². The number of hydrogen-bond donors (Lipinski definition) is 2. The first kappa shape index (κ1) is 35.7. The van der Waals surface area contributed by atoms with Gasteiger partial charge in [0.2, 0.25) is 0 Å². The average Bonchev–Trinajstić information content (AvgIpc) is 2.87. The van der Waals surface area contributed by atoms with Gasteiger partial charge in [0.25, 0.3) is 0 Å². The van der Waals surface area contributed by atoms with Crippen molar-refractivity contribution in [3.63, 3.8) is 0 Å². The summed E-state index contributed by atoms with van der Waals surface area (Å²) in [5, 5.41) is 20.9. The Morgan fingerprint density at radius 2 is 1.62 bits per heavy atom. The van der Waals surface area contributed by atoms with Gasteiger partial charge in [-0.15, -0.1) is 0 Å². The number of carbonyl (C=O) groups is 3. The van der Waals surface area contributed by atoms with Crippen LogP contribution in [0.4, 0.5) is 0 Å². The Hall–Kier alpha value is -2.31. The number of ketones is 2. The monoisotopic (exact) mass is 558 g/mol. The maximum Gasteiger partial charge on any atom is 0.311 e. The molecular formula is C34H54O6. The molecule has 226 valence electrons. The zero-order valence-electron chi connectivity index (χ0n) is 26.3. The molecule has 0 saturated carbocycles. The molecule has 1 fully saturated rings. The highest BCUT2D eigenvalue weighted by molar-refractivity contribution is 5.80. The number of ether oxygens (including phenoxy) is 1. The van der Waals surface area contributed by atoms with Crippen LogP contribution in [-0.2, 0) is 19.1 Å². The molecule has 1 aliphatic rings. The van der Waals surface area contributed by atoms with Crippen LogP contribution < -0.4 is 0 Å². The van der Waals surface area contributed by atoms with E-state index in [2.05, 4.69) is 38.2 Å². The van der Waals surface area contributed by atoms with Gasteiger partial charge in [-0.1, -0.05) is 74.8 Å². The Balaban J connectivity index is 2.43. The lowest BCUT2D eigenvalue weighted by Gasteiger charge is -2.40. The van der Waals surface area contributed by atoms with Gasteiger partial charge in [-0.2, -0.15) is 0 Å². The molecule has 2 N–H and O–H groups in total. The summed E-state index contributed by atoms with van der Waals surface area (Å²) < 4.78 is 5.48. The number of hydrogen-bond acceptors (Lipinski definition) is 6. The van der Waals surface area contributed by atoms with Crippen LogP contribution in [0, 0.1) is 29.6 Å². The van der Waals surface area contributed by atoms with E-state index in [1.807, 2.05) is 33.8 Å². The van der Waals surface area contributed by atoms with Crippen LogP contribution in [0.1, 0.15) is 101 Å². The molecule has 6 nitrogen and oxygen atoms in total. The SMILES string of the molecule is CC(=O)[C@H](C)/C=C(C)/C=C/C[C@H](C)/C=C(\C)CC/C=C(\C)CCC(=O)C[C@H](O)[C@@H](C)[C@@H]1OC(=O)[C@@H](C)[C@H](O)[C@@H]1C. The predicted octanol–water partition coefficient (Wildman–Crippen LogP) is 6.71. The summed E-state index contributed by atoms with van der Waals surface area (Å²) in [4.78, 5) is 36.0. The van der Waals surface area contributed by atoms with Crippen molar-refractivity contribution in [2.75, 3.05) is 0 Å². The number of cyclic esters (lactones) is 1. The number of aliphatic hydroxyl groups excluding tert-OH is 2. The van der Waals surface area contributed by atoms with Crippen molar-refractivity contribution in [3.05, 3.63) is 47.1 Å². The largest absolute Gasteiger partial charge is 0.461 e. The molecule has 1 aliphatic heterocycles. The third-order valence-corrected chi connectivity index (χ3v) is 8.20. The molecule has 6 heteroatoms. The van der Waals surface area contributed by atoms with Crippen molar-refractivity contribution in [1.29, 1.82) is 0 Å². The molecule has 40 heavy (non-hydrogen) atoms. The summed E-state index contributed by atoms with van der Waals surface area (Å²) in [7, 11) is 0. The minimum absolute atomic E-state index is 0.0140. The highest BCUT2D eigenvalue weighted by Gasteiger charge is 2.44. The van der Waals surface area contributed by atoms with Gasteiger partial charge in [0.15, 0.2) is 0 Å². The summed E-state index contributed by atoms with van der Waals surface area (Å²) in [6.07, 6.45) is 12.3. The highest BCUT2D eigenvalue weighted by atomic mass is 16.6. The van der Waals surface area contributed by atoms with Gasteiger partial charge in [0.05, 0.1) is 18.1 Å². The van der Waals surface area contributed by atoms with Gasteiger partial charge in [-0.25, -0.2) is 0 Å². The Kier molecular flexibility index (Phi) is 15.6. The van der Waals surface area contributed by atoms with E-state index in [-0.39, 0.29) is 29.8 Å². The number of Topliss-reactive ketones (excluding diaryl/α,β-unsaturated/α-hetero) is 2. The summed E-state index contributed by atoms with van der Waals surface area (Å²) in [6.45, 7) is 17.2. The van der Waals surface area contributed by atoms with Gasteiger partial charge in [-0.3, -0.25) is 14.4 Å². The predicted molar refractivity (Wildman–Crippen MR) is 162 cm³/mol. The number of allylic oxidation sites excluding steroid dienone is 8. The molecule has 0 aromatic carbocycles. The fourth-order valence-corrected chi connectivity index (χ4v) is 5.12. The second kappa shape index (κ2) is 17.5. The Morgan fingerprint density at radius 3 is 2.25 bits per heavy atom. The Bertz CT molecular complexity index is 971. The van der Waals surface area contributed by atoms with Gasteiger partial charge in [0, 0.05) is 30.6 Å². The average molecular weight is 559 g/mol. The van der Waals surface area contributed by atoms with Crippen molar-refractivity contribution < 1.29 is 29.3 Å². The van der Waals surface area contributed by atoms with Crippen LogP contribution in [0.2, 0.25) is 0 Å². The third kappa shape index (κ3) is 12.5. The Labute approximate surface area is 242 Å². The van der Waals surface area contributed by atoms with E-state index in [9.17, 15) is 24.6 Å². The van der Waals surface area contributed by atoms with Crippen LogP contribution in [0.15, 0.2) is 47.1 Å². The van der Waals surface area contributed by atoms with Gasteiger partial charge in [-0.05, 0) is 66.2 Å². The molecule has 0 amide bonds. The van der Waals surface area contributed by atoms with Crippen LogP contribution in [0.25, 0.3) is 0 Å². The fourth-order valence-electron chi connectivity index (χ4n) is 5.12. The van der Waals surface area contributed by atoms with Crippen LogP contribution in [0.3, 0.4) is 0 Å². The zero-order valence-corrected chi connectivity index (χ0v) is 26.3. The van der Waals surface area contributed by atoms with Crippen molar-refractivity contribution in [3.8, 4) is 0 Å². The van der Waals surface area contributed by atoms with Gasteiger partial charge in [0.1, 0.15) is 17.7 Å². The normalized spacial score (nSPS) is 25.9. The summed E-state index contributed by atoms with van der Waals surface area (Å²) >= 11 is 0. The summed E-state index contributed by atoms with van der Waals surface area (Å²) in [6, 6.07) is 0. The molecule has 0 unspecified atom stereocenters. The van der Waals surface area contributed by atoms with Crippen molar-refractivity contribution >= 4 is 17.5 Å². The maximum absolute atomic E-state index is 12.5. The zero-order chi connectivity index (χ0) is 30.6. The molecule has 0 radical (unpaired) electrons. The van der Waals surface area contributed by atoms with E-state index in [0.29, 0.717) is 18.8 Å². The first-order chi connectivity index (χ1) is 18.6. The summed E-state index contributed by atoms with van der Waals surface area (Å²) in [5.41, 5.74) is 3.61. The van der Waals surface area contributed by atoms with Crippen molar-refractivity contribution in [2.24, 2.45) is 29.6 Å². The second-order valence-electron chi connectivity index (χ2n) is 12.2. The van der Waals surface area contributed by atoms with E-state index in [1.54, 1.807) is 20.8 Å². The quantitative estimate of drug-likeness (QED) is 0.124. The molecule has 0 aliphatic carbocycles. The van der Waals surface area contributed by atoms with Crippen LogP contribution >= 0.6 is 0 Å². The molecule has 8 atom stereocenters. The lowest BCUT2D eigenvalue weighted by atomic mass is 9.79. The van der Waals surface area contributed by atoms with E-state index in [0.717, 1.165) is 30.4 Å². The van der Waals surface area contributed by atoms with E-state index >= 15 is 0 Å². The third-order valence-electron chi connectivity index (χ3n) is 8.20. The molecular weight excluding hydrogens is 504 g/mol. The van der Waals surface area contributed by atoms with E-state index < -0.39 is 36.1 Å². The molecule has 1 heterocycles. The fraction of sp³-hybridized carbons (Fsp3) is 0.676. The molecule has 0 aromatic heterocycles. The van der Waals surface area contributed by atoms with Crippen LogP contribution in [-0.4, -0.2) is 46.1 Å². The maximum atomic E-state index is 12.5. The number of esters is 1. The minimum atomic E-state index is -0.925. The standard InChI is InChI=1S/C34H54O6/c1-21(12-10-13-22(2)18-23(3)14-11-15-24(4)19-25(5)29(9)35)16-17-30(36)20-31(37)26(6)33-27(7)32(38)28(8)34(39)40-33/h11-12,15,18-19,23,25-28,31-33,37-38H,10,13-14,16-17,20H2,1-9H3/b15-11+,21-12+,22-18+,24-19+/t23-,25+,26+,27-,28-,31-,32+,33-/m0/s1. The van der Waals surface area contributed by atoms with E-state index in [1.165, 1.54) is 5.57 Å². The van der Waals surface area contributed by atoms with Gasteiger partial charge >= 0.3 is 5.97 Å². The number of carbonyl (C=O) groups excluding carboxylic acids is 3. The first-order valence-electron chi connectivity index (χ1n) is 14.9. The van der Waals surface area contributed by atoms with E-state index in [4.69, 9.17) is 4.74 Å².